The highest BCUT2D eigenvalue weighted by Gasteiger charge is 2.32. The van der Waals surface area contributed by atoms with Gasteiger partial charge in [0.25, 0.3) is 0 Å². The van der Waals surface area contributed by atoms with Crippen molar-refractivity contribution in [3.05, 3.63) is 29.3 Å². The van der Waals surface area contributed by atoms with Crippen LogP contribution in [-0.2, 0) is 11.0 Å². The predicted octanol–water partition coefficient (Wildman–Crippen LogP) is 5.36. The van der Waals surface area contributed by atoms with Gasteiger partial charge in [0.15, 0.2) is 0 Å². The zero-order valence-electron chi connectivity index (χ0n) is 13.3. The lowest BCUT2D eigenvalue weighted by molar-refractivity contribution is -0.137. The van der Waals surface area contributed by atoms with E-state index in [9.17, 15) is 18.0 Å². The molecule has 1 unspecified atom stereocenters. The van der Waals surface area contributed by atoms with Crippen LogP contribution in [0, 0.1) is 0 Å². The van der Waals surface area contributed by atoms with E-state index in [0.717, 1.165) is 12.5 Å². The Labute approximate surface area is 129 Å². The van der Waals surface area contributed by atoms with Crippen molar-refractivity contribution >= 4 is 5.78 Å². The Morgan fingerprint density at radius 3 is 2.45 bits per heavy atom. The molecule has 5 heteroatoms. The van der Waals surface area contributed by atoms with Crippen LogP contribution in [0.5, 0.6) is 5.75 Å². The standard InChI is InChI=1S/C17H23F3O2/c1-4-10-22-16-9-8-14(17(18,19)20)11-15(16)13(5-2)7-6-12(3)21/h8-9,11,13H,4-7,10H2,1-3H3. The number of ketones is 1. The number of carbonyl (C=O) groups excluding carboxylic acids is 1. The minimum absolute atomic E-state index is 0.0430. The molecule has 0 aliphatic carbocycles. The molecule has 0 saturated heterocycles. The van der Waals surface area contributed by atoms with Crippen LogP contribution in [0.3, 0.4) is 0 Å². The number of ether oxygens (including phenoxy) is 1. The average Bonchev–Trinajstić information content (AvgIpc) is 2.45. The van der Waals surface area contributed by atoms with E-state index in [0.29, 0.717) is 37.2 Å². The molecule has 124 valence electrons. The minimum Gasteiger partial charge on any atom is -0.493 e. The molecule has 22 heavy (non-hydrogen) atoms. The maximum atomic E-state index is 12.9. The molecule has 1 aromatic rings. The molecule has 0 aromatic heterocycles. The fraction of sp³-hybridized carbons (Fsp3) is 0.588. The quantitative estimate of drug-likeness (QED) is 0.645. The van der Waals surface area contributed by atoms with E-state index in [2.05, 4.69) is 0 Å². The monoisotopic (exact) mass is 316 g/mol. The van der Waals surface area contributed by atoms with Crippen LogP contribution in [0.1, 0.15) is 63.5 Å². The lowest BCUT2D eigenvalue weighted by atomic mass is 9.89. The summed E-state index contributed by atoms with van der Waals surface area (Å²) in [5, 5.41) is 0. The van der Waals surface area contributed by atoms with Crippen molar-refractivity contribution in [2.75, 3.05) is 6.61 Å². The Morgan fingerprint density at radius 2 is 1.95 bits per heavy atom. The number of carbonyl (C=O) groups is 1. The van der Waals surface area contributed by atoms with Gasteiger partial charge in [-0.05, 0) is 55.9 Å². The number of rotatable bonds is 8. The topological polar surface area (TPSA) is 26.3 Å². The zero-order chi connectivity index (χ0) is 16.8. The SMILES string of the molecule is CCCOc1ccc(C(F)(F)F)cc1C(CC)CCC(C)=O. The van der Waals surface area contributed by atoms with Gasteiger partial charge in [-0.25, -0.2) is 0 Å². The third-order valence-corrected chi connectivity index (χ3v) is 3.58. The third-order valence-electron chi connectivity index (χ3n) is 3.58. The molecule has 0 fully saturated rings. The number of hydrogen-bond acceptors (Lipinski definition) is 2. The van der Waals surface area contributed by atoms with E-state index in [-0.39, 0.29) is 11.7 Å². The summed E-state index contributed by atoms with van der Waals surface area (Å²) in [5.41, 5.74) is -0.125. The normalized spacial score (nSPS) is 13.0. The highest BCUT2D eigenvalue weighted by Crippen LogP contribution is 2.38. The first-order valence-electron chi connectivity index (χ1n) is 7.62. The summed E-state index contributed by atoms with van der Waals surface area (Å²) in [6, 6.07) is 3.61. The van der Waals surface area contributed by atoms with Gasteiger partial charge in [0.2, 0.25) is 0 Å². The first kappa shape index (κ1) is 18.5. The lowest BCUT2D eigenvalue weighted by Gasteiger charge is -2.21. The molecule has 0 bridgehead atoms. The van der Waals surface area contributed by atoms with E-state index < -0.39 is 11.7 Å². The van der Waals surface area contributed by atoms with E-state index in [1.165, 1.54) is 19.1 Å². The number of alkyl halides is 3. The Hall–Kier alpha value is -1.52. The molecule has 0 spiro atoms. The average molecular weight is 316 g/mol. The van der Waals surface area contributed by atoms with Crippen LogP contribution >= 0.6 is 0 Å². The second-order valence-corrected chi connectivity index (χ2v) is 5.44. The van der Waals surface area contributed by atoms with Crippen molar-refractivity contribution in [2.24, 2.45) is 0 Å². The molecule has 0 saturated carbocycles. The molecule has 0 radical (unpaired) electrons. The molecule has 1 aromatic carbocycles. The fourth-order valence-electron chi connectivity index (χ4n) is 2.34. The maximum absolute atomic E-state index is 12.9. The van der Waals surface area contributed by atoms with Gasteiger partial charge >= 0.3 is 6.18 Å². The smallest absolute Gasteiger partial charge is 0.416 e. The van der Waals surface area contributed by atoms with Crippen molar-refractivity contribution in [2.45, 2.75) is 58.5 Å². The number of benzene rings is 1. The Kier molecular flexibility index (Phi) is 6.91. The molecule has 0 N–H and O–H groups in total. The van der Waals surface area contributed by atoms with Gasteiger partial charge in [0.1, 0.15) is 11.5 Å². The summed E-state index contributed by atoms with van der Waals surface area (Å²) in [6.07, 6.45) is -2.03. The molecule has 0 amide bonds. The van der Waals surface area contributed by atoms with E-state index in [4.69, 9.17) is 4.74 Å². The molecular formula is C17H23F3O2. The van der Waals surface area contributed by atoms with Crippen LogP contribution in [0.2, 0.25) is 0 Å². The van der Waals surface area contributed by atoms with Gasteiger partial charge in [-0.1, -0.05) is 13.8 Å². The maximum Gasteiger partial charge on any atom is 0.416 e. The summed E-state index contributed by atoms with van der Waals surface area (Å²) in [4.78, 5) is 11.2. The molecule has 0 aliphatic rings. The Balaban J connectivity index is 3.15. The Morgan fingerprint density at radius 1 is 1.27 bits per heavy atom. The molecule has 0 aliphatic heterocycles. The van der Waals surface area contributed by atoms with Crippen molar-refractivity contribution < 1.29 is 22.7 Å². The zero-order valence-corrected chi connectivity index (χ0v) is 13.3. The van der Waals surface area contributed by atoms with Crippen molar-refractivity contribution in [3.63, 3.8) is 0 Å². The first-order valence-corrected chi connectivity index (χ1v) is 7.62. The number of Topliss-reactive ketones (excluding diaryl/α,β-unsaturated/α-hetero) is 1. The van der Waals surface area contributed by atoms with Crippen molar-refractivity contribution in [1.82, 2.24) is 0 Å². The van der Waals surface area contributed by atoms with E-state index in [1.54, 1.807) is 0 Å². The largest absolute Gasteiger partial charge is 0.493 e. The van der Waals surface area contributed by atoms with Crippen LogP contribution in [0.25, 0.3) is 0 Å². The van der Waals surface area contributed by atoms with Gasteiger partial charge in [-0.15, -0.1) is 0 Å². The second kappa shape index (κ2) is 8.20. The minimum atomic E-state index is -4.38. The number of halogens is 3. The van der Waals surface area contributed by atoms with Gasteiger partial charge in [-0.2, -0.15) is 13.2 Å². The summed E-state index contributed by atoms with van der Waals surface area (Å²) in [6.45, 7) is 5.81. The third kappa shape index (κ3) is 5.35. The second-order valence-electron chi connectivity index (χ2n) is 5.44. The molecule has 2 nitrogen and oxygen atoms in total. The van der Waals surface area contributed by atoms with Crippen molar-refractivity contribution in [3.8, 4) is 5.75 Å². The predicted molar refractivity (Wildman–Crippen MR) is 80.2 cm³/mol. The van der Waals surface area contributed by atoms with Gasteiger partial charge in [0.05, 0.1) is 12.2 Å². The summed E-state index contributed by atoms with van der Waals surface area (Å²) in [7, 11) is 0. The summed E-state index contributed by atoms with van der Waals surface area (Å²) < 4.78 is 44.4. The summed E-state index contributed by atoms with van der Waals surface area (Å²) in [5.74, 6) is 0.421. The van der Waals surface area contributed by atoms with E-state index in [1.807, 2.05) is 13.8 Å². The molecule has 1 rings (SSSR count). The van der Waals surface area contributed by atoms with Gasteiger partial charge in [-0.3, -0.25) is 0 Å². The first-order chi connectivity index (χ1) is 10.3. The Bertz CT molecular complexity index is 495. The molecular weight excluding hydrogens is 293 g/mol. The highest BCUT2D eigenvalue weighted by molar-refractivity contribution is 5.75. The fourth-order valence-corrected chi connectivity index (χ4v) is 2.34. The lowest BCUT2D eigenvalue weighted by Crippen LogP contribution is -2.10. The van der Waals surface area contributed by atoms with E-state index >= 15 is 0 Å². The summed E-state index contributed by atoms with van der Waals surface area (Å²) >= 11 is 0. The van der Waals surface area contributed by atoms with Crippen LogP contribution < -0.4 is 4.74 Å². The highest BCUT2D eigenvalue weighted by atomic mass is 19.4. The van der Waals surface area contributed by atoms with Crippen LogP contribution in [0.4, 0.5) is 13.2 Å². The molecule has 0 heterocycles. The van der Waals surface area contributed by atoms with Crippen LogP contribution in [0.15, 0.2) is 18.2 Å². The van der Waals surface area contributed by atoms with Crippen LogP contribution in [-0.4, -0.2) is 12.4 Å². The van der Waals surface area contributed by atoms with Crippen molar-refractivity contribution in [1.29, 1.82) is 0 Å². The van der Waals surface area contributed by atoms with Gasteiger partial charge < -0.3 is 9.53 Å². The van der Waals surface area contributed by atoms with Gasteiger partial charge in [0, 0.05) is 6.42 Å². The molecule has 1 atom stereocenters. The number of hydrogen-bond donors (Lipinski definition) is 0.